The highest BCUT2D eigenvalue weighted by atomic mass is 32.2. The third-order valence-corrected chi connectivity index (χ3v) is 5.50. The van der Waals surface area contributed by atoms with Crippen LogP contribution in [0.5, 0.6) is 17.2 Å². The van der Waals surface area contributed by atoms with Crippen LogP contribution in [0.1, 0.15) is 19.4 Å². The van der Waals surface area contributed by atoms with Gasteiger partial charge in [0, 0.05) is 11.6 Å². The highest BCUT2D eigenvalue weighted by Gasteiger charge is 2.33. The van der Waals surface area contributed by atoms with Crippen molar-refractivity contribution >= 4 is 34.5 Å². The molecule has 168 valence electrons. The average molecular weight is 456 g/mol. The third kappa shape index (κ3) is 5.26. The van der Waals surface area contributed by atoms with Crippen LogP contribution in [-0.4, -0.2) is 43.6 Å². The van der Waals surface area contributed by atoms with Gasteiger partial charge in [-0.1, -0.05) is 11.8 Å². The first-order valence-electron chi connectivity index (χ1n) is 10.0. The zero-order valence-electron chi connectivity index (χ0n) is 18.4. The molecule has 1 aliphatic heterocycles. The maximum absolute atomic E-state index is 12.6. The van der Waals surface area contributed by atoms with E-state index in [0.717, 1.165) is 5.75 Å². The third-order valence-electron chi connectivity index (χ3n) is 4.48. The van der Waals surface area contributed by atoms with E-state index in [-0.39, 0.29) is 17.9 Å². The van der Waals surface area contributed by atoms with Gasteiger partial charge >= 0.3 is 5.97 Å². The Morgan fingerprint density at radius 2 is 1.75 bits per heavy atom. The molecule has 1 N–H and O–H groups in total. The van der Waals surface area contributed by atoms with Gasteiger partial charge in [-0.05, 0) is 56.3 Å². The van der Waals surface area contributed by atoms with Crippen molar-refractivity contribution in [1.29, 1.82) is 0 Å². The van der Waals surface area contributed by atoms with Crippen LogP contribution in [0, 0.1) is 0 Å². The first-order valence-corrected chi connectivity index (χ1v) is 10.9. The number of nitrogens with zero attached hydrogens (tertiary/aromatic N) is 1. The van der Waals surface area contributed by atoms with E-state index in [4.69, 9.17) is 18.9 Å². The molecule has 0 saturated heterocycles. The number of rotatable bonds is 8. The fourth-order valence-electron chi connectivity index (χ4n) is 2.97. The molecule has 0 aromatic heterocycles. The minimum Gasteiger partial charge on any atom is -0.506 e. The average Bonchev–Trinajstić information content (AvgIpc) is 3.10. The van der Waals surface area contributed by atoms with Gasteiger partial charge in [-0.3, -0.25) is 0 Å². The van der Waals surface area contributed by atoms with Gasteiger partial charge in [-0.25, -0.2) is 9.79 Å². The molecule has 0 aliphatic carbocycles. The molecule has 32 heavy (non-hydrogen) atoms. The van der Waals surface area contributed by atoms with Crippen molar-refractivity contribution in [2.24, 2.45) is 4.99 Å². The lowest BCUT2D eigenvalue weighted by atomic mass is 10.1. The molecular weight excluding hydrogens is 430 g/mol. The van der Waals surface area contributed by atoms with Crippen molar-refractivity contribution in [3.05, 3.63) is 64.3 Å². The second-order valence-electron chi connectivity index (χ2n) is 6.51. The van der Waals surface area contributed by atoms with E-state index in [1.807, 2.05) is 13.0 Å². The summed E-state index contributed by atoms with van der Waals surface area (Å²) >= 11 is 1.18. The van der Waals surface area contributed by atoms with E-state index in [0.29, 0.717) is 39.3 Å². The molecule has 0 atom stereocenters. The maximum atomic E-state index is 12.6. The van der Waals surface area contributed by atoms with Crippen molar-refractivity contribution in [3.8, 4) is 17.2 Å². The van der Waals surface area contributed by atoms with E-state index in [1.165, 1.54) is 11.8 Å². The van der Waals surface area contributed by atoms with Gasteiger partial charge in [-0.15, -0.1) is 0 Å². The number of hydrogen-bond acceptors (Lipinski definition) is 8. The fourth-order valence-corrected chi connectivity index (χ4v) is 4.00. The summed E-state index contributed by atoms with van der Waals surface area (Å²) in [6.07, 6.45) is 1.73. The summed E-state index contributed by atoms with van der Waals surface area (Å²) in [6, 6.07) is 12.5. The Labute approximate surface area is 191 Å². The molecule has 1 heterocycles. The monoisotopic (exact) mass is 455 g/mol. The summed E-state index contributed by atoms with van der Waals surface area (Å²) in [5.74, 6) is 1.13. The molecule has 0 radical (unpaired) electrons. The standard InChI is InChI=1S/C24H25NO6S/c1-5-30-17-11-8-16(9-12-17)25-23-21(24(27)31-6-2)22(26)20(32-23)13-15-7-10-18(28-3)14-19(15)29-4/h7-14,26H,5-6H2,1-4H3/b20-13+,25-23?. The zero-order valence-corrected chi connectivity index (χ0v) is 19.2. The quantitative estimate of drug-likeness (QED) is 0.541. The number of benzene rings is 2. The van der Waals surface area contributed by atoms with Gasteiger partial charge in [-0.2, -0.15) is 0 Å². The van der Waals surface area contributed by atoms with Crippen LogP contribution in [0.4, 0.5) is 5.69 Å². The summed E-state index contributed by atoms with van der Waals surface area (Å²) in [6.45, 7) is 4.37. The number of thioether (sulfide) groups is 1. The Bertz CT molecular complexity index is 1070. The number of aliphatic hydroxyl groups excluding tert-OH is 1. The molecule has 0 bridgehead atoms. The summed E-state index contributed by atoms with van der Waals surface area (Å²) < 4.78 is 21.3. The molecule has 7 nitrogen and oxygen atoms in total. The van der Waals surface area contributed by atoms with Gasteiger partial charge in [0.2, 0.25) is 0 Å². The first kappa shape index (κ1) is 23.3. The molecule has 0 unspecified atom stereocenters. The van der Waals surface area contributed by atoms with Crippen molar-refractivity contribution in [3.63, 3.8) is 0 Å². The van der Waals surface area contributed by atoms with Crippen LogP contribution >= 0.6 is 11.8 Å². The Hall–Kier alpha value is -3.39. The Morgan fingerprint density at radius 3 is 2.38 bits per heavy atom. The van der Waals surface area contributed by atoms with Crippen molar-refractivity contribution in [2.45, 2.75) is 13.8 Å². The number of aliphatic imine (C=N–C) groups is 1. The smallest absolute Gasteiger partial charge is 0.344 e. The van der Waals surface area contributed by atoms with Gasteiger partial charge in [0.25, 0.3) is 0 Å². The van der Waals surface area contributed by atoms with E-state index in [9.17, 15) is 9.90 Å². The lowest BCUT2D eigenvalue weighted by Crippen LogP contribution is -2.12. The first-order chi connectivity index (χ1) is 15.5. The number of hydrogen-bond donors (Lipinski definition) is 1. The number of carbonyl (C=O) groups is 1. The lowest BCUT2D eigenvalue weighted by molar-refractivity contribution is -0.138. The Morgan fingerprint density at radius 1 is 1.03 bits per heavy atom. The normalized spacial score (nSPS) is 15.9. The molecule has 3 rings (SSSR count). The van der Waals surface area contributed by atoms with E-state index in [1.54, 1.807) is 63.6 Å². The van der Waals surface area contributed by atoms with Crippen molar-refractivity contribution in [1.82, 2.24) is 0 Å². The Kier molecular flexibility index (Phi) is 7.83. The van der Waals surface area contributed by atoms with Crippen LogP contribution in [0.15, 0.2) is 63.7 Å². The minimum atomic E-state index is -0.632. The molecule has 0 fully saturated rings. The summed E-state index contributed by atoms with van der Waals surface area (Å²) in [5.41, 5.74) is 1.37. The number of esters is 1. The predicted octanol–water partition coefficient (Wildman–Crippen LogP) is 5.30. The summed E-state index contributed by atoms with van der Waals surface area (Å²) in [4.78, 5) is 17.6. The number of aliphatic hydroxyl groups is 1. The van der Waals surface area contributed by atoms with Crippen LogP contribution in [-0.2, 0) is 9.53 Å². The van der Waals surface area contributed by atoms with Crippen molar-refractivity contribution < 1.29 is 28.8 Å². The second-order valence-corrected chi connectivity index (χ2v) is 7.54. The highest BCUT2D eigenvalue weighted by Crippen LogP contribution is 2.41. The topological polar surface area (TPSA) is 86.6 Å². The number of carbonyl (C=O) groups excluding carboxylic acids is 1. The van der Waals surface area contributed by atoms with Crippen LogP contribution in [0.2, 0.25) is 0 Å². The fraction of sp³-hybridized carbons (Fsp3) is 0.250. The van der Waals surface area contributed by atoms with Gasteiger partial charge < -0.3 is 24.1 Å². The molecule has 0 saturated carbocycles. The molecule has 2 aromatic carbocycles. The molecular formula is C24H25NO6S. The summed E-state index contributed by atoms with van der Waals surface area (Å²) in [7, 11) is 3.13. The minimum absolute atomic E-state index is 0.0319. The van der Waals surface area contributed by atoms with E-state index >= 15 is 0 Å². The predicted molar refractivity (Wildman–Crippen MR) is 126 cm³/mol. The van der Waals surface area contributed by atoms with Crippen LogP contribution in [0.25, 0.3) is 6.08 Å². The largest absolute Gasteiger partial charge is 0.506 e. The van der Waals surface area contributed by atoms with E-state index in [2.05, 4.69) is 4.99 Å². The molecule has 0 spiro atoms. The van der Waals surface area contributed by atoms with Crippen LogP contribution in [0.3, 0.4) is 0 Å². The lowest BCUT2D eigenvalue weighted by Gasteiger charge is -2.08. The second kappa shape index (κ2) is 10.8. The summed E-state index contributed by atoms with van der Waals surface area (Å²) in [5, 5.41) is 11.2. The molecule has 8 heteroatoms. The van der Waals surface area contributed by atoms with Gasteiger partial charge in [0.05, 0.1) is 38.0 Å². The van der Waals surface area contributed by atoms with Crippen LogP contribution < -0.4 is 14.2 Å². The van der Waals surface area contributed by atoms with Gasteiger partial charge in [0.1, 0.15) is 33.6 Å². The maximum Gasteiger partial charge on any atom is 0.344 e. The van der Waals surface area contributed by atoms with Gasteiger partial charge in [0.15, 0.2) is 0 Å². The molecule has 0 amide bonds. The SMILES string of the molecule is CCOC(=O)C1=C(O)/C(=C\c2ccc(OC)cc2OC)SC1=Nc1ccc(OCC)cc1. The highest BCUT2D eigenvalue weighted by molar-refractivity contribution is 8.18. The molecule has 2 aromatic rings. The number of ether oxygens (including phenoxy) is 4. The van der Waals surface area contributed by atoms with Crippen molar-refractivity contribution in [2.75, 3.05) is 27.4 Å². The Balaban J connectivity index is 2.01. The zero-order chi connectivity index (χ0) is 23.1. The number of methoxy groups -OCH3 is 2. The molecule has 1 aliphatic rings. The van der Waals surface area contributed by atoms with E-state index < -0.39 is 5.97 Å².